The van der Waals surface area contributed by atoms with Gasteiger partial charge in [-0.3, -0.25) is 4.79 Å². The number of amides is 1. The van der Waals surface area contributed by atoms with E-state index in [9.17, 15) is 4.79 Å². The second-order valence-corrected chi connectivity index (χ2v) is 3.45. The van der Waals surface area contributed by atoms with Crippen LogP contribution in [0.5, 0.6) is 0 Å². The van der Waals surface area contributed by atoms with Gasteiger partial charge in [0.05, 0.1) is 24.2 Å². The SMILES string of the molecule is CN(CC(=O)NCC#N)c1cccc(C#N)c1. The Bertz CT molecular complexity index is 484. The lowest BCUT2D eigenvalue weighted by Crippen LogP contribution is -2.35. The maximum absolute atomic E-state index is 11.4. The lowest BCUT2D eigenvalue weighted by Gasteiger charge is -2.18. The molecule has 0 aliphatic carbocycles. The van der Waals surface area contributed by atoms with E-state index in [1.54, 1.807) is 30.1 Å². The number of nitriles is 2. The van der Waals surface area contributed by atoms with Gasteiger partial charge in [0.15, 0.2) is 0 Å². The molecule has 0 bridgehead atoms. The van der Waals surface area contributed by atoms with E-state index < -0.39 is 0 Å². The highest BCUT2D eigenvalue weighted by atomic mass is 16.2. The van der Waals surface area contributed by atoms with Gasteiger partial charge in [-0.05, 0) is 18.2 Å². The van der Waals surface area contributed by atoms with Crippen LogP contribution in [0.3, 0.4) is 0 Å². The van der Waals surface area contributed by atoms with Gasteiger partial charge in [0.2, 0.25) is 5.91 Å². The van der Waals surface area contributed by atoms with Gasteiger partial charge in [-0.15, -0.1) is 0 Å². The third kappa shape index (κ3) is 3.84. The zero-order chi connectivity index (χ0) is 12.7. The average molecular weight is 228 g/mol. The molecule has 0 atom stereocenters. The van der Waals surface area contributed by atoms with E-state index in [1.165, 1.54) is 0 Å². The number of nitrogens with zero attached hydrogens (tertiary/aromatic N) is 3. The van der Waals surface area contributed by atoms with Crippen LogP contribution in [0.2, 0.25) is 0 Å². The number of hydrogen-bond donors (Lipinski definition) is 1. The Hall–Kier alpha value is -2.53. The minimum atomic E-state index is -0.226. The molecular weight excluding hydrogens is 216 g/mol. The molecule has 1 aromatic carbocycles. The van der Waals surface area contributed by atoms with Crippen LogP contribution in [0.4, 0.5) is 5.69 Å². The molecule has 0 aliphatic heterocycles. The molecule has 0 fully saturated rings. The maximum Gasteiger partial charge on any atom is 0.240 e. The van der Waals surface area contributed by atoms with E-state index in [2.05, 4.69) is 5.32 Å². The minimum absolute atomic E-state index is 0.00487. The van der Waals surface area contributed by atoms with E-state index in [-0.39, 0.29) is 19.0 Å². The van der Waals surface area contributed by atoms with Crippen LogP contribution in [-0.4, -0.2) is 26.0 Å². The molecule has 0 spiro atoms. The van der Waals surface area contributed by atoms with Gasteiger partial charge >= 0.3 is 0 Å². The molecule has 0 aromatic heterocycles. The third-order valence-electron chi connectivity index (χ3n) is 2.16. The standard InChI is InChI=1S/C12H12N4O/c1-16(9-12(17)15-6-5-13)11-4-2-3-10(7-11)8-14/h2-4,7H,6,9H2,1H3,(H,15,17). The maximum atomic E-state index is 11.4. The molecule has 0 aliphatic rings. The van der Waals surface area contributed by atoms with Gasteiger partial charge < -0.3 is 10.2 Å². The summed E-state index contributed by atoms with van der Waals surface area (Å²) < 4.78 is 0. The fraction of sp³-hybridized carbons (Fsp3) is 0.250. The second kappa shape index (κ2) is 6.14. The lowest BCUT2D eigenvalue weighted by molar-refractivity contribution is -0.119. The molecule has 1 amide bonds. The predicted molar refractivity (Wildman–Crippen MR) is 63.0 cm³/mol. The zero-order valence-corrected chi connectivity index (χ0v) is 9.47. The molecule has 1 rings (SSSR count). The van der Waals surface area contributed by atoms with Gasteiger partial charge in [-0.1, -0.05) is 6.07 Å². The zero-order valence-electron chi connectivity index (χ0n) is 9.47. The van der Waals surface area contributed by atoms with Crippen molar-refractivity contribution in [3.63, 3.8) is 0 Å². The van der Waals surface area contributed by atoms with Crippen molar-refractivity contribution in [3.8, 4) is 12.1 Å². The minimum Gasteiger partial charge on any atom is -0.365 e. The normalized spacial score (nSPS) is 8.88. The highest BCUT2D eigenvalue weighted by molar-refractivity contribution is 5.81. The number of carbonyl (C=O) groups excluding carboxylic acids is 1. The first-order valence-electron chi connectivity index (χ1n) is 5.02. The summed E-state index contributed by atoms with van der Waals surface area (Å²) in [5.74, 6) is -0.226. The van der Waals surface area contributed by atoms with Crippen LogP contribution >= 0.6 is 0 Å². The summed E-state index contributed by atoms with van der Waals surface area (Å²) >= 11 is 0. The van der Waals surface area contributed by atoms with E-state index in [0.29, 0.717) is 5.56 Å². The molecule has 1 aromatic rings. The number of likely N-dealkylation sites (N-methyl/N-ethyl adjacent to an activating group) is 1. The molecule has 0 saturated heterocycles. The van der Waals surface area contributed by atoms with Crippen molar-refractivity contribution < 1.29 is 4.79 Å². The first kappa shape index (κ1) is 12.5. The summed E-state index contributed by atoms with van der Waals surface area (Å²) in [5.41, 5.74) is 1.34. The second-order valence-electron chi connectivity index (χ2n) is 3.45. The molecular formula is C12H12N4O. The lowest BCUT2D eigenvalue weighted by atomic mass is 10.2. The summed E-state index contributed by atoms with van der Waals surface area (Å²) in [5, 5.41) is 19.5. The smallest absolute Gasteiger partial charge is 0.240 e. The summed E-state index contributed by atoms with van der Waals surface area (Å²) in [7, 11) is 1.75. The van der Waals surface area contributed by atoms with Crippen molar-refractivity contribution in [2.45, 2.75) is 0 Å². The molecule has 0 saturated carbocycles. The number of benzene rings is 1. The first-order valence-corrected chi connectivity index (χ1v) is 5.02. The van der Waals surface area contributed by atoms with Crippen molar-refractivity contribution in [2.75, 3.05) is 25.0 Å². The van der Waals surface area contributed by atoms with Crippen LogP contribution in [-0.2, 0) is 4.79 Å². The van der Waals surface area contributed by atoms with E-state index in [0.717, 1.165) is 5.69 Å². The molecule has 5 nitrogen and oxygen atoms in total. The van der Waals surface area contributed by atoms with Crippen molar-refractivity contribution in [3.05, 3.63) is 29.8 Å². The van der Waals surface area contributed by atoms with E-state index in [1.807, 2.05) is 18.2 Å². The molecule has 0 radical (unpaired) electrons. The monoisotopic (exact) mass is 228 g/mol. The Morgan fingerprint density at radius 2 is 2.24 bits per heavy atom. The van der Waals surface area contributed by atoms with E-state index >= 15 is 0 Å². The number of anilines is 1. The van der Waals surface area contributed by atoms with Crippen molar-refractivity contribution >= 4 is 11.6 Å². The number of rotatable bonds is 4. The van der Waals surface area contributed by atoms with Crippen LogP contribution in [0.1, 0.15) is 5.56 Å². The fourth-order valence-corrected chi connectivity index (χ4v) is 1.31. The van der Waals surface area contributed by atoms with Gasteiger partial charge in [-0.2, -0.15) is 10.5 Å². The third-order valence-corrected chi connectivity index (χ3v) is 2.16. The van der Waals surface area contributed by atoms with Gasteiger partial charge in [0, 0.05) is 12.7 Å². The first-order chi connectivity index (χ1) is 8.17. The average Bonchev–Trinajstić information content (AvgIpc) is 2.36. The Labute approximate surface area is 99.9 Å². The number of hydrogen-bond acceptors (Lipinski definition) is 4. The van der Waals surface area contributed by atoms with Gasteiger partial charge in [-0.25, -0.2) is 0 Å². The molecule has 0 unspecified atom stereocenters. The van der Waals surface area contributed by atoms with Crippen LogP contribution in [0.15, 0.2) is 24.3 Å². The molecule has 86 valence electrons. The van der Waals surface area contributed by atoms with E-state index in [4.69, 9.17) is 10.5 Å². The van der Waals surface area contributed by atoms with Crippen LogP contribution in [0.25, 0.3) is 0 Å². The highest BCUT2D eigenvalue weighted by Crippen LogP contribution is 2.13. The predicted octanol–water partition coefficient (Wildman–Crippen LogP) is 0.634. The van der Waals surface area contributed by atoms with Crippen LogP contribution in [0, 0.1) is 22.7 Å². The van der Waals surface area contributed by atoms with Gasteiger partial charge in [0.25, 0.3) is 0 Å². The van der Waals surface area contributed by atoms with Crippen molar-refractivity contribution in [2.24, 2.45) is 0 Å². The summed E-state index contributed by atoms with van der Waals surface area (Å²) in [6.07, 6.45) is 0. The molecule has 5 heteroatoms. The Morgan fingerprint density at radius 3 is 2.88 bits per heavy atom. The van der Waals surface area contributed by atoms with Gasteiger partial charge in [0.1, 0.15) is 6.54 Å². The summed E-state index contributed by atoms with van der Waals surface area (Å²) in [6.45, 7) is 0.154. The largest absolute Gasteiger partial charge is 0.365 e. The quantitative estimate of drug-likeness (QED) is 0.767. The topological polar surface area (TPSA) is 79.9 Å². The summed E-state index contributed by atoms with van der Waals surface area (Å²) in [4.78, 5) is 13.1. The Kier molecular flexibility index (Phi) is 4.53. The highest BCUT2D eigenvalue weighted by Gasteiger charge is 2.07. The molecule has 17 heavy (non-hydrogen) atoms. The Balaban J connectivity index is 2.64. The van der Waals surface area contributed by atoms with Crippen molar-refractivity contribution in [1.29, 1.82) is 10.5 Å². The van der Waals surface area contributed by atoms with Crippen LogP contribution < -0.4 is 10.2 Å². The number of nitrogens with one attached hydrogen (secondary N) is 1. The molecule has 1 N–H and O–H groups in total. The summed E-state index contributed by atoms with van der Waals surface area (Å²) in [6, 6.07) is 10.9. The number of carbonyl (C=O) groups is 1. The van der Waals surface area contributed by atoms with Crippen molar-refractivity contribution in [1.82, 2.24) is 5.32 Å². The fourth-order valence-electron chi connectivity index (χ4n) is 1.31. The molecule has 0 heterocycles. The Morgan fingerprint density at radius 1 is 1.47 bits per heavy atom.